The van der Waals surface area contributed by atoms with Crippen molar-refractivity contribution < 1.29 is 0 Å². The summed E-state index contributed by atoms with van der Waals surface area (Å²) in [5.74, 6) is 7.08. The summed E-state index contributed by atoms with van der Waals surface area (Å²) in [6.45, 7) is 2.82. The van der Waals surface area contributed by atoms with Gasteiger partial charge in [0.1, 0.15) is 18.0 Å². The van der Waals surface area contributed by atoms with E-state index in [1.54, 1.807) is 0 Å². The van der Waals surface area contributed by atoms with Crippen LogP contribution in [-0.2, 0) is 13.0 Å². The number of aromatic nitrogens is 2. The molecule has 6 heteroatoms. The number of halogens is 1. The van der Waals surface area contributed by atoms with Gasteiger partial charge in [0.25, 0.3) is 0 Å². The monoisotopic (exact) mass is 335 g/mol. The summed E-state index contributed by atoms with van der Waals surface area (Å²) >= 11 is 3.57. The normalized spacial score (nSPS) is 10.4. The van der Waals surface area contributed by atoms with E-state index in [2.05, 4.69) is 49.2 Å². The fraction of sp³-hybridized carbons (Fsp3) is 0.286. The SMILES string of the molecule is CCc1c(NN)ncnc1N(C)Cc1ccccc1Br. The Labute approximate surface area is 127 Å². The second-order valence-corrected chi connectivity index (χ2v) is 5.32. The molecule has 2 rings (SSSR count). The number of nitrogens with one attached hydrogen (secondary N) is 1. The van der Waals surface area contributed by atoms with Crippen LogP contribution in [0.4, 0.5) is 11.6 Å². The maximum Gasteiger partial charge on any atom is 0.148 e. The van der Waals surface area contributed by atoms with Crippen LogP contribution in [0.15, 0.2) is 35.1 Å². The molecule has 0 unspecified atom stereocenters. The molecule has 0 aliphatic rings. The number of rotatable bonds is 5. The number of benzene rings is 1. The van der Waals surface area contributed by atoms with Crippen molar-refractivity contribution >= 4 is 27.6 Å². The number of hydrogen-bond donors (Lipinski definition) is 2. The van der Waals surface area contributed by atoms with E-state index in [4.69, 9.17) is 5.84 Å². The van der Waals surface area contributed by atoms with E-state index in [9.17, 15) is 0 Å². The van der Waals surface area contributed by atoms with E-state index in [0.717, 1.165) is 28.8 Å². The molecule has 0 fully saturated rings. The van der Waals surface area contributed by atoms with Gasteiger partial charge in [-0.25, -0.2) is 15.8 Å². The largest absolute Gasteiger partial charge is 0.355 e. The second-order valence-electron chi connectivity index (χ2n) is 4.47. The topological polar surface area (TPSA) is 67.1 Å². The lowest BCUT2D eigenvalue weighted by atomic mass is 10.2. The number of anilines is 2. The molecule has 1 aromatic heterocycles. The van der Waals surface area contributed by atoms with Crippen LogP contribution < -0.4 is 16.2 Å². The van der Waals surface area contributed by atoms with Crippen LogP contribution in [0.1, 0.15) is 18.1 Å². The van der Waals surface area contributed by atoms with Crippen LogP contribution in [0.25, 0.3) is 0 Å². The van der Waals surface area contributed by atoms with Gasteiger partial charge in [0.15, 0.2) is 0 Å². The molecular formula is C14H18BrN5. The minimum Gasteiger partial charge on any atom is -0.355 e. The highest BCUT2D eigenvalue weighted by Crippen LogP contribution is 2.25. The first-order valence-electron chi connectivity index (χ1n) is 6.42. The molecule has 5 nitrogen and oxygen atoms in total. The molecule has 106 valence electrons. The zero-order valence-corrected chi connectivity index (χ0v) is 13.2. The van der Waals surface area contributed by atoms with Gasteiger partial charge in [-0.2, -0.15) is 0 Å². The van der Waals surface area contributed by atoms with Gasteiger partial charge in [-0.3, -0.25) is 0 Å². The quantitative estimate of drug-likeness (QED) is 0.649. The minimum atomic E-state index is 0.677. The molecule has 0 bridgehead atoms. The van der Waals surface area contributed by atoms with Gasteiger partial charge in [-0.05, 0) is 18.1 Å². The van der Waals surface area contributed by atoms with Crippen molar-refractivity contribution in [3.8, 4) is 0 Å². The number of hydrogen-bond acceptors (Lipinski definition) is 5. The van der Waals surface area contributed by atoms with Crippen molar-refractivity contribution in [2.45, 2.75) is 19.9 Å². The molecule has 0 spiro atoms. The standard InChI is InChI=1S/C14H18BrN5/c1-3-11-13(19-16)17-9-18-14(11)20(2)8-10-6-4-5-7-12(10)15/h4-7,9H,3,8,16H2,1-2H3,(H,17,18,19). The third-order valence-corrected chi connectivity index (χ3v) is 3.91. The van der Waals surface area contributed by atoms with Crippen LogP contribution in [0.5, 0.6) is 0 Å². The molecule has 0 amide bonds. The zero-order chi connectivity index (χ0) is 14.5. The molecule has 0 saturated heterocycles. The summed E-state index contributed by atoms with van der Waals surface area (Å²) in [5, 5.41) is 0. The lowest BCUT2D eigenvalue weighted by molar-refractivity contribution is 0.867. The highest BCUT2D eigenvalue weighted by Gasteiger charge is 2.13. The van der Waals surface area contributed by atoms with Gasteiger partial charge in [0, 0.05) is 23.6 Å². The Balaban J connectivity index is 2.30. The third-order valence-electron chi connectivity index (χ3n) is 3.14. The van der Waals surface area contributed by atoms with Crippen molar-refractivity contribution in [1.29, 1.82) is 0 Å². The average molecular weight is 336 g/mol. The van der Waals surface area contributed by atoms with Crippen molar-refractivity contribution in [3.05, 3.63) is 46.2 Å². The molecule has 0 aliphatic heterocycles. The highest BCUT2D eigenvalue weighted by atomic mass is 79.9. The maximum absolute atomic E-state index is 5.51. The van der Waals surface area contributed by atoms with Crippen LogP contribution in [-0.4, -0.2) is 17.0 Å². The molecule has 0 atom stereocenters. The van der Waals surface area contributed by atoms with Gasteiger partial charge in [-0.15, -0.1) is 0 Å². The Hall–Kier alpha value is -1.66. The highest BCUT2D eigenvalue weighted by molar-refractivity contribution is 9.10. The predicted octanol–water partition coefficient (Wildman–Crippen LogP) is 2.72. The number of nitrogen functional groups attached to an aromatic ring is 1. The van der Waals surface area contributed by atoms with Gasteiger partial charge in [-0.1, -0.05) is 41.1 Å². The summed E-state index contributed by atoms with van der Waals surface area (Å²) in [4.78, 5) is 10.6. The first-order valence-corrected chi connectivity index (χ1v) is 7.21. The van der Waals surface area contributed by atoms with E-state index in [0.29, 0.717) is 5.82 Å². The molecule has 0 aliphatic carbocycles. The fourth-order valence-corrected chi connectivity index (χ4v) is 2.55. The molecule has 0 radical (unpaired) electrons. The van der Waals surface area contributed by atoms with Crippen LogP contribution >= 0.6 is 15.9 Å². The number of hydrazine groups is 1. The maximum atomic E-state index is 5.51. The van der Waals surface area contributed by atoms with Crippen LogP contribution in [0.3, 0.4) is 0 Å². The Morgan fingerprint density at radius 2 is 2.05 bits per heavy atom. The van der Waals surface area contributed by atoms with E-state index in [-0.39, 0.29) is 0 Å². The van der Waals surface area contributed by atoms with Crippen LogP contribution in [0.2, 0.25) is 0 Å². The molecule has 20 heavy (non-hydrogen) atoms. The van der Waals surface area contributed by atoms with Crippen molar-refractivity contribution in [1.82, 2.24) is 9.97 Å². The first-order chi connectivity index (χ1) is 9.67. The molecule has 2 aromatic rings. The summed E-state index contributed by atoms with van der Waals surface area (Å²) < 4.78 is 1.09. The van der Waals surface area contributed by atoms with Gasteiger partial charge >= 0.3 is 0 Å². The van der Waals surface area contributed by atoms with Crippen molar-refractivity contribution in [3.63, 3.8) is 0 Å². The van der Waals surface area contributed by atoms with Gasteiger partial charge in [0.05, 0.1) is 0 Å². The molecule has 1 aromatic carbocycles. The van der Waals surface area contributed by atoms with Gasteiger partial charge < -0.3 is 10.3 Å². The lowest BCUT2D eigenvalue weighted by Gasteiger charge is -2.22. The molecular weight excluding hydrogens is 318 g/mol. The summed E-state index contributed by atoms with van der Waals surface area (Å²) in [5.41, 5.74) is 4.85. The van der Waals surface area contributed by atoms with E-state index >= 15 is 0 Å². The first kappa shape index (κ1) is 14.7. The predicted molar refractivity (Wildman–Crippen MR) is 85.5 cm³/mol. The Morgan fingerprint density at radius 1 is 1.30 bits per heavy atom. The smallest absolute Gasteiger partial charge is 0.148 e. The number of nitrogens with zero attached hydrogens (tertiary/aromatic N) is 3. The van der Waals surface area contributed by atoms with E-state index in [1.165, 1.54) is 11.9 Å². The second kappa shape index (κ2) is 6.67. The minimum absolute atomic E-state index is 0.677. The molecule has 3 N–H and O–H groups in total. The summed E-state index contributed by atoms with van der Waals surface area (Å²) in [6, 6.07) is 8.17. The van der Waals surface area contributed by atoms with Crippen molar-refractivity contribution in [2.24, 2.45) is 5.84 Å². The van der Waals surface area contributed by atoms with Crippen LogP contribution in [0, 0.1) is 0 Å². The fourth-order valence-electron chi connectivity index (χ4n) is 2.14. The molecule has 1 heterocycles. The van der Waals surface area contributed by atoms with Crippen molar-refractivity contribution in [2.75, 3.05) is 17.4 Å². The third kappa shape index (κ3) is 3.08. The lowest BCUT2D eigenvalue weighted by Crippen LogP contribution is -2.21. The summed E-state index contributed by atoms with van der Waals surface area (Å²) in [6.07, 6.45) is 2.34. The molecule has 0 saturated carbocycles. The van der Waals surface area contributed by atoms with E-state index in [1.807, 2.05) is 25.2 Å². The Kier molecular flexibility index (Phi) is 4.92. The zero-order valence-electron chi connectivity index (χ0n) is 11.6. The summed E-state index contributed by atoms with van der Waals surface area (Å²) in [7, 11) is 2.02. The van der Waals surface area contributed by atoms with Gasteiger partial charge in [0.2, 0.25) is 0 Å². The Morgan fingerprint density at radius 3 is 2.70 bits per heavy atom. The Bertz CT molecular complexity index is 588. The number of nitrogens with two attached hydrogens (primary N) is 1. The average Bonchev–Trinajstić information content (AvgIpc) is 2.48. The van der Waals surface area contributed by atoms with E-state index < -0.39 is 0 Å².